The summed E-state index contributed by atoms with van der Waals surface area (Å²) in [5.74, 6) is 0.421. The van der Waals surface area contributed by atoms with Crippen LogP contribution in [0.4, 0.5) is 10.8 Å². The van der Waals surface area contributed by atoms with Gasteiger partial charge in [0, 0.05) is 11.1 Å². The van der Waals surface area contributed by atoms with Gasteiger partial charge in [0.05, 0.1) is 18.0 Å². The molecule has 1 aromatic heterocycles. The van der Waals surface area contributed by atoms with E-state index in [4.69, 9.17) is 16.3 Å². The van der Waals surface area contributed by atoms with Crippen LogP contribution in [0, 0.1) is 0 Å². The van der Waals surface area contributed by atoms with Crippen LogP contribution < -0.4 is 15.4 Å². The molecular weight excluding hydrogens is 368 g/mol. The first-order valence-corrected chi connectivity index (χ1v) is 9.53. The fourth-order valence-electron chi connectivity index (χ4n) is 1.94. The van der Waals surface area contributed by atoms with Gasteiger partial charge in [-0.05, 0) is 38.0 Å². The Morgan fingerprint density at radius 2 is 2.25 bits per heavy atom. The lowest BCUT2D eigenvalue weighted by atomic mass is 10.3. The molecule has 0 bridgehead atoms. The van der Waals surface area contributed by atoms with E-state index in [2.05, 4.69) is 20.8 Å². The number of nitrogens with one attached hydrogen (secondary N) is 2. The van der Waals surface area contributed by atoms with Gasteiger partial charge in [-0.3, -0.25) is 4.79 Å². The zero-order valence-corrected chi connectivity index (χ0v) is 15.6. The van der Waals surface area contributed by atoms with Crippen molar-refractivity contribution in [2.45, 2.75) is 35.4 Å². The number of ether oxygens (including phenoxy) is 1. The molecule has 3 rings (SSSR count). The first kappa shape index (κ1) is 17.3. The zero-order valence-electron chi connectivity index (χ0n) is 13.2. The molecule has 1 saturated carbocycles. The van der Waals surface area contributed by atoms with Gasteiger partial charge in [-0.2, -0.15) is 0 Å². The van der Waals surface area contributed by atoms with Crippen LogP contribution in [0.5, 0.6) is 5.75 Å². The Kier molecular flexibility index (Phi) is 5.47. The lowest BCUT2D eigenvalue weighted by Crippen LogP contribution is -2.22. The molecule has 2 aromatic rings. The van der Waals surface area contributed by atoms with Crippen LogP contribution in [0.3, 0.4) is 0 Å². The summed E-state index contributed by atoms with van der Waals surface area (Å²) in [4.78, 5) is 12.4. The summed E-state index contributed by atoms with van der Waals surface area (Å²) in [5, 5.41) is 15.4. The number of rotatable bonds is 7. The third kappa shape index (κ3) is 4.52. The second kappa shape index (κ2) is 7.58. The van der Waals surface area contributed by atoms with Gasteiger partial charge in [-0.15, -0.1) is 10.2 Å². The van der Waals surface area contributed by atoms with Crippen LogP contribution in [0.2, 0.25) is 5.02 Å². The van der Waals surface area contributed by atoms with Crippen molar-refractivity contribution in [3.05, 3.63) is 23.2 Å². The van der Waals surface area contributed by atoms with Crippen LogP contribution in [-0.2, 0) is 4.79 Å². The number of benzene rings is 1. The minimum Gasteiger partial charge on any atom is -0.495 e. The van der Waals surface area contributed by atoms with E-state index in [-0.39, 0.29) is 11.2 Å². The van der Waals surface area contributed by atoms with Crippen LogP contribution in [0.1, 0.15) is 19.8 Å². The van der Waals surface area contributed by atoms with Crippen molar-refractivity contribution >= 4 is 51.4 Å². The van der Waals surface area contributed by atoms with E-state index >= 15 is 0 Å². The van der Waals surface area contributed by atoms with Crippen molar-refractivity contribution in [1.82, 2.24) is 10.2 Å². The quantitative estimate of drug-likeness (QED) is 0.705. The van der Waals surface area contributed by atoms with E-state index in [1.807, 2.05) is 6.92 Å². The molecule has 1 aliphatic rings. The van der Waals surface area contributed by atoms with Gasteiger partial charge in [-0.1, -0.05) is 34.7 Å². The van der Waals surface area contributed by atoms with E-state index < -0.39 is 0 Å². The number of methoxy groups -OCH3 is 1. The van der Waals surface area contributed by atoms with E-state index in [1.54, 1.807) is 25.3 Å². The lowest BCUT2D eigenvalue weighted by Gasteiger charge is -2.13. The molecular formula is C15H17ClN4O2S2. The van der Waals surface area contributed by atoms with Crippen molar-refractivity contribution in [2.75, 3.05) is 17.7 Å². The molecule has 0 unspecified atom stereocenters. The van der Waals surface area contributed by atoms with E-state index in [1.165, 1.54) is 35.9 Å². The van der Waals surface area contributed by atoms with Gasteiger partial charge < -0.3 is 15.4 Å². The number of aromatic nitrogens is 2. The molecule has 1 aromatic carbocycles. The summed E-state index contributed by atoms with van der Waals surface area (Å²) in [6, 6.07) is 5.63. The molecule has 0 spiro atoms. The van der Waals surface area contributed by atoms with Gasteiger partial charge in [0.2, 0.25) is 11.0 Å². The predicted octanol–water partition coefficient (Wildman–Crippen LogP) is 3.89. The Hall–Kier alpha value is -1.51. The smallest absolute Gasteiger partial charge is 0.237 e. The highest BCUT2D eigenvalue weighted by Crippen LogP contribution is 2.33. The number of hydrogen-bond acceptors (Lipinski definition) is 7. The van der Waals surface area contributed by atoms with Gasteiger partial charge in [0.15, 0.2) is 4.34 Å². The number of thioether (sulfide) groups is 1. The molecule has 1 atom stereocenters. The zero-order chi connectivity index (χ0) is 17.1. The van der Waals surface area contributed by atoms with E-state index in [9.17, 15) is 4.79 Å². The third-order valence-electron chi connectivity index (χ3n) is 3.38. The molecule has 2 N–H and O–H groups in total. The Balaban J connectivity index is 1.60. The number of hydrogen-bond donors (Lipinski definition) is 2. The van der Waals surface area contributed by atoms with Crippen LogP contribution >= 0.6 is 34.7 Å². The average molecular weight is 385 g/mol. The molecule has 0 radical (unpaired) electrons. The summed E-state index contributed by atoms with van der Waals surface area (Å²) >= 11 is 8.82. The summed E-state index contributed by atoms with van der Waals surface area (Å²) in [5.41, 5.74) is 0.552. The Morgan fingerprint density at radius 1 is 1.46 bits per heavy atom. The molecule has 0 aliphatic heterocycles. The summed E-state index contributed by atoms with van der Waals surface area (Å²) < 4.78 is 6.00. The molecule has 1 fully saturated rings. The highest BCUT2D eigenvalue weighted by Gasteiger charge is 2.23. The fourth-order valence-corrected chi connectivity index (χ4v) is 4.08. The van der Waals surface area contributed by atoms with Crippen LogP contribution in [-0.4, -0.2) is 34.5 Å². The standard InChI is InChI=1S/C15H17ClN4O2S2/c1-8(23-15-20-19-14(24-15)17-10-4-5-10)13(21)18-11-7-9(16)3-6-12(11)22-2/h3,6-8,10H,4-5H2,1-2H3,(H,17,19)(H,18,21)/t8-/m0/s1. The normalized spacial score (nSPS) is 15.0. The van der Waals surface area contributed by atoms with Gasteiger partial charge in [0.1, 0.15) is 5.75 Å². The number of halogens is 1. The number of carbonyl (C=O) groups is 1. The maximum Gasteiger partial charge on any atom is 0.237 e. The largest absolute Gasteiger partial charge is 0.495 e. The topological polar surface area (TPSA) is 76.1 Å². The third-order valence-corrected chi connectivity index (χ3v) is 5.65. The van der Waals surface area contributed by atoms with Gasteiger partial charge >= 0.3 is 0 Å². The Labute approximate surface area is 153 Å². The molecule has 0 saturated heterocycles. The van der Waals surface area contributed by atoms with Crippen molar-refractivity contribution in [3.63, 3.8) is 0 Å². The van der Waals surface area contributed by atoms with Crippen molar-refractivity contribution in [2.24, 2.45) is 0 Å². The fraction of sp³-hybridized carbons (Fsp3) is 0.400. The second-order valence-corrected chi connectivity index (χ2v) is 8.39. The minimum atomic E-state index is -0.324. The SMILES string of the molecule is COc1ccc(Cl)cc1NC(=O)[C@H](C)Sc1nnc(NC2CC2)s1. The molecule has 24 heavy (non-hydrogen) atoms. The van der Waals surface area contributed by atoms with Crippen molar-refractivity contribution in [1.29, 1.82) is 0 Å². The first-order valence-electron chi connectivity index (χ1n) is 7.46. The molecule has 6 nitrogen and oxygen atoms in total. The van der Waals surface area contributed by atoms with Crippen LogP contribution in [0.25, 0.3) is 0 Å². The summed E-state index contributed by atoms with van der Waals surface area (Å²) in [6.45, 7) is 1.83. The monoisotopic (exact) mass is 384 g/mol. The molecule has 1 heterocycles. The average Bonchev–Trinajstić information content (AvgIpc) is 3.26. The van der Waals surface area contributed by atoms with E-state index in [0.717, 1.165) is 9.47 Å². The molecule has 1 aliphatic carbocycles. The van der Waals surface area contributed by atoms with Gasteiger partial charge in [-0.25, -0.2) is 0 Å². The molecule has 1 amide bonds. The van der Waals surface area contributed by atoms with Crippen molar-refractivity contribution < 1.29 is 9.53 Å². The van der Waals surface area contributed by atoms with Crippen molar-refractivity contribution in [3.8, 4) is 5.75 Å². The van der Waals surface area contributed by atoms with Crippen LogP contribution in [0.15, 0.2) is 22.5 Å². The molecule has 128 valence electrons. The highest BCUT2D eigenvalue weighted by molar-refractivity contribution is 8.02. The van der Waals surface area contributed by atoms with E-state index in [0.29, 0.717) is 22.5 Å². The summed E-state index contributed by atoms with van der Waals surface area (Å²) in [6.07, 6.45) is 2.37. The number of carbonyl (C=O) groups excluding carboxylic acids is 1. The second-order valence-electron chi connectivity index (χ2n) is 5.39. The minimum absolute atomic E-state index is 0.146. The Bertz CT molecular complexity index is 736. The summed E-state index contributed by atoms with van der Waals surface area (Å²) in [7, 11) is 1.55. The lowest BCUT2D eigenvalue weighted by molar-refractivity contribution is -0.115. The molecule has 9 heteroatoms. The highest BCUT2D eigenvalue weighted by atomic mass is 35.5. The van der Waals surface area contributed by atoms with Gasteiger partial charge in [0.25, 0.3) is 0 Å². The maximum absolute atomic E-state index is 12.4. The number of anilines is 2. The first-order chi connectivity index (χ1) is 11.5. The maximum atomic E-state index is 12.4. The predicted molar refractivity (Wildman–Crippen MR) is 98.5 cm³/mol. The Morgan fingerprint density at radius 3 is 2.96 bits per heavy atom. The number of nitrogens with zero attached hydrogens (tertiary/aromatic N) is 2. The number of amides is 1.